The Morgan fingerprint density at radius 3 is 2.17 bits per heavy atom. The number of hydrogen-bond acceptors (Lipinski definition) is 4. The van der Waals surface area contributed by atoms with E-state index in [0.717, 1.165) is 0 Å². The average molecular weight is 251 g/mol. The van der Waals surface area contributed by atoms with E-state index in [1.54, 1.807) is 13.0 Å². The summed E-state index contributed by atoms with van der Waals surface area (Å²) in [5.74, 6) is -1.23. The molecule has 5 nitrogen and oxygen atoms in total. The predicted octanol–water partition coefficient (Wildman–Crippen LogP) is 2.19. The van der Waals surface area contributed by atoms with Crippen LogP contribution in [0.25, 0.3) is 0 Å². The van der Waals surface area contributed by atoms with Crippen molar-refractivity contribution in [1.82, 2.24) is 4.98 Å². The van der Waals surface area contributed by atoms with Crippen molar-refractivity contribution in [1.29, 1.82) is 0 Å². The smallest absolute Gasteiger partial charge is 0.340 e. The zero-order valence-corrected chi connectivity index (χ0v) is 11.0. The number of aromatic nitrogens is 1. The van der Waals surface area contributed by atoms with E-state index in [1.807, 2.05) is 6.92 Å². The zero-order chi connectivity index (χ0) is 13.9. The summed E-state index contributed by atoms with van der Waals surface area (Å²) in [6, 6.07) is 0. The van der Waals surface area contributed by atoms with Crippen LogP contribution in [0.3, 0.4) is 0 Å². The van der Waals surface area contributed by atoms with Gasteiger partial charge in [0.05, 0.1) is 25.3 Å². The molecule has 1 aromatic rings. The third-order valence-electron chi connectivity index (χ3n) is 2.80. The van der Waals surface area contributed by atoms with Crippen molar-refractivity contribution in [3.63, 3.8) is 0 Å². The molecule has 0 aliphatic rings. The second kappa shape index (κ2) is 5.53. The molecule has 0 aliphatic heterocycles. The van der Waals surface area contributed by atoms with Gasteiger partial charge >= 0.3 is 11.9 Å². The van der Waals surface area contributed by atoms with Gasteiger partial charge in [0.15, 0.2) is 0 Å². The minimum absolute atomic E-state index is 0.101. The van der Waals surface area contributed by atoms with Crippen molar-refractivity contribution in [2.24, 2.45) is 0 Å². The molecule has 0 aromatic carbocycles. The molecule has 1 rings (SSSR count). The molecule has 0 amide bonds. The fourth-order valence-electron chi connectivity index (χ4n) is 1.78. The highest BCUT2D eigenvalue weighted by Crippen LogP contribution is 2.27. The number of aromatic amines is 1. The van der Waals surface area contributed by atoms with Crippen molar-refractivity contribution in [3.8, 4) is 0 Å². The first-order valence-corrected chi connectivity index (χ1v) is 5.49. The number of methoxy groups -OCH3 is 2. The number of nitrogens with one attached hydrogen (secondary N) is 1. The van der Waals surface area contributed by atoms with Gasteiger partial charge in [-0.25, -0.2) is 9.59 Å². The van der Waals surface area contributed by atoms with Crippen LogP contribution >= 0.6 is 0 Å². The summed E-state index contributed by atoms with van der Waals surface area (Å²) in [6.07, 6.45) is 1.68. The van der Waals surface area contributed by atoms with Crippen molar-refractivity contribution >= 4 is 11.9 Å². The van der Waals surface area contributed by atoms with Crippen molar-refractivity contribution < 1.29 is 19.1 Å². The van der Waals surface area contributed by atoms with E-state index in [9.17, 15) is 9.59 Å². The number of hydrogen-bond donors (Lipinski definition) is 1. The van der Waals surface area contributed by atoms with Crippen LogP contribution in [0.1, 0.15) is 44.9 Å². The fourth-order valence-corrected chi connectivity index (χ4v) is 1.78. The van der Waals surface area contributed by atoms with Gasteiger partial charge in [0.2, 0.25) is 0 Å². The molecular formula is C13H17NO4. The number of aryl methyl sites for hydroxylation is 1. The third kappa shape index (κ3) is 2.30. The number of esters is 2. The van der Waals surface area contributed by atoms with E-state index in [0.29, 0.717) is 11.4 Å². The number of carbonyl (C=O) groups excluding carboxylic acids is 2. The largest absolute Gasteiger partial charge is 0.465 e. The van der Waals surface area contributed by atoms with Gasteiger partial charge in [-0.1, -0.05) is 13.0 Å². The SMILES string of the molecule is C=CC(C)c1[nH]c(C)c(C(=O)OC)c1C(=O)OC. The van der Waals surface area contributed by atoms with Crippen molar-refractivity contribution in [2.45, 2.75) is 19.8 Å². The fraction of sp³-hybridized carbons (Fsp3) is 0.385. The summed E-state index contributed by atoms with van der Waals surface area (Å²) < 4.78 is 9.41. The van der Waals surface area contributed by atoms with E-state index in [2.05, 4.69) is 16.3 Å². The Labute approximate surface area is 106 Å². The molecule has 5 heteroatoms. The molecule has 1 aromatic heterocycles. The Hall–Kier alpha value is -2.04. The maximum Gasteiger partial charge on any atom is 0.340 e. The first-order chi connectivity index (χ1) is 8.47. The van der Waals surface area contributed by atoms with Gasteiger partial charge < -0.3 is 14.5 Å². The summed E-state index contributed by atoms with van der Waals surface area (Å²) in [6.45, 7) is 7.25. The van der Waals surface area contributed by atoms with Gasteiger partial charge in [0, 0.05) is 17.3 Å². The maximum absolute atomic E-state index is 11.8. The van der Waals surface area contributed by atoms with Crippen LogP contribution in [-0.2, 0) is 9.47 Å². The molecule has 0 spiro atoms. The molecule has 0 bridgehead atoms. The molecule has 18 heavy (non-hydrogen) atoms. The summed E-state index contributed by atoms with van der Waals surface area (Å²) in [4.78, 5) is 26.6. The van der Waals surface area contributed by atoms with Crippen LogP contribution in [0.4, 0.5) is 0 Å². The van der Waals surface area contributed by atoms with Gasteiger partial charge in [-0.15, -0.1) is 6.58 Å². The lowest BCUT2D eigenvalue weighted by Gasteiger charge is -2.07. The second-order valence-corrected chi connectivity index (χ2v) is 3.92. The van der Waals surface area contributed by atoms with Crippen LogP contribution in [0.5, 0.6) is 0 Å². The Morgan fingerprint density at radius 1 is 1.22 bits per heavy atom. The van der Waals surface area contributed by atoms with Crippen molar-refractivity contribution in [3.05, 3.63) is 35.2 Å². The van der Waals surface area contributed by atoms with E-state index in [4.69, 9.17) is 4.74 Å². The van der Waals surface area contributed by atoms with Gasteiger partial charge in [-0.2, -0.15) is 0 Å². The quantitative estimate of drug-likeness (QED) is 0.658. The second-order valence-electron chi connectivity index (χ2n) is 3.92. The van der Waals surface area contributed by atoms with Crippen LogP contribution in [0.15, 0.2) is 12.7 Å². The Bertz CT molecular complexity index is 487. The van der Waals surface area contributed by atoms with Crippen LogP contribution < -0.4 is 0 Å². The van der Waals surface area contributed by atoms with Crippen LogP contribution in [0, 0.1) is 6.92 Å². The molecule has 0 saturated heterocycles. The molecule has 1 heterocycles. The number of H-pyrrole nitrogens is 1. The summed E-state index contributed by atoms with van der Waals surface area (Å²) in [5.41, 5.74) is 1.61. The molecule has 0 saturated carbocycles. The summed E-state index contributed by atoms with van der Waals surface area (Å²) >= 11 is 0. The highest BCUT2D eigenvalue weighted by Gasteiger charge is 2.28. The lowest BCUT2D eigenvalue weighted by molar-refractivity contribution is 0.0555. The molecule has 1 atom stereocenters. The van der Waals surface area contributed by atoms with E-state index < -0.39 is 11.9 Å². The van der Waals surface area contributed by atoms with E-state index in [-0.39, 0.29) is 17.0 Å². The normalized spacial score (nSPS) is 11.8. The Morgan fingerprint density at radius 2 is 1.72 bits per heavy atom. The van der Waals surface area contributed by atoms with Crippen molar-refractivity contribution in [2.75, 3.05) is 14.2 Å². The molecule has 98 valence electrons. The lowest BCUT2D eigenvalue weighted by atomic mass is 10.0. The van der Waals surface area contributed by atoms with E-state index >= 15 is 0 Å². The molecule has 0 radical (unpaired) electrons. The van der Waals surface area contributed by atoms with Gasteiger partial charge in [0.1, 0.15) is 0 Å². The first-order valence-electron chi connectivity index (χ1n) is 5.49. The average Bonchev–Trinajstić information content (AvgIpc) is 2.73. The molecule has 1 unspecified atom stereocenters. The third-order valence-corrected chi connectivity index (χ3v) is 2.80. The summed E-state index contributed by atoms with van der Waals surface area (Å²) in [7, 11) is 2.54. The van der Waals surface area contributed by atoms with E-state index in [1.165, 1.54) is 14.2 Å². The first kappa shape index (κ1) is 14.0. The monoisotopic (exact) mass is 251 g/mol. The Balaban J connectivity index is 3.51. The molecule has 0 aliphatic carbocycles. The maximum atomic E-state index is 11.8. The number of carbonyl (C=O) groups is 2. The number of ether oxygens (including phenoxy) is 2. The minimum atomic E-state index is -0.566. The number of rotatable bonds is 4. The highest BCUT2D eigenvalue weighted by molar-refractivity contribution is 6.05. The molecule has 0 fully saturated rings. The minimum Gasteiger partial charge on any atom is -0.465 e. The van der Waals surface area contributed by atoms with Gasteiger partial charge in [-0.05, 0) is 6.92 Å². The van der Waals surface area contributed by atoms with Crippen LogP contribution in [-0.4, -0.2) is 31.1 Å². The highest BCUT2D eigenvalue weighted by atomic mass is 16.5. The lowest BCUT2D eigenvalue weighted by Crippen LogP contribution is -2.12. The topological polar surface area (TPSA) is 68.4 Å². The number of allylic oxidation sites excluding steroid dienone is 1. The summed E-state index contributed by atoms with van der Waals surface area (Å²) in [5, 5.41) is 0. The predicted molar refractivity (Wildman–Crippen MR) is 66.8 cm³/mol. The standard InChI is InChI=1S/C13H17NO4/c1-6-7(2)11-10(13(16)18-5)9(8(3)14-11)12(15)17-4/h6-7,14H,1H2,2-5H3. The zero-order valence-electron chi connectivity index (χ0n) is 11.0. The molecular weight excluding hydrogens is 234 g/mol. The Kier molecular flexibility index (Phi) is 4.31. The van der Waals surface area contributed by atoms with Gasteiger partial charge in [-0.3, -0.25) is 0 Å². The molecule has 1 N–H and O–H groups in total. The van der Waals surface area contributed by atoms with Crippen LogP contribution in [0.2, 0.25) is 0 Å². The van der Waals surface area contributed by atoms with Gasteiger partial charge in [0.25, 0.3) is 0 Å².